The molecule has 0 saturated heterocycles. The van der Waals surface area contributed by atoms with Crippen LogP contribution in [-0.4, -0.2) is 11.2 Å². The molecule has 0 saturated carbocycles. The maximum Gasteiger partial charge on any atom is 0.0824 e. The zero-order valence-corrected chi connectivity index (χ0v) is 13.1. The molecule has 0 amide bonds. The van der Waals surface area contributed by atoms with Crippen LogP contribution in [-0.2, 0) is 11.3 Å². The summed E-state index contributed by atoms with van der Waals surface area (Å²) in [6.45, 7) is 2.71. The van der Waals surface area contributed by atoms with Crippen molar-refractivity contribution in [3.63, 3.8) is 0 Å². The molecule has 2 nitrogen and oxygen atoms in total. The van der Waals surface area contributed by atoms with Gasteiger partial charge in [-0.05, 0) is 30.9 Å². The zero-order valence-electron chi connectivity index (χ0n) is 13.1. The van der Waals surface area contributed by atoms with Crippen LogP contribution in [0.1, 0.15) is 37.0 Å². The fourth-order valence-electron chi connectivity index (χ4n) is 2.21. The highest BCUT2D eigenvalue weighted by Crippen LogP contribution is 2.16. The van der Waals surface area contributed by atoms with E-state index in [0.29, 0.717) is 13.0 Å². The van der Waals surface area contributed by atoms with E-state index < -0.39 is 6.10 Å². The van der Waals surface area contributed by atoms with E-state index in [4.69, 9.17) is 4.74 Å². The molecule has 0 radical (unpaired) electrons. The number of aliphatic hydroxyl groups excluding tert-OH is 1. The van der Waals surface area contributed by atoms with Crippen molar-refractivity contribution in [2.24, 2.45) is 0 Å². The Hall–Kier alpha value is -1.90. The third-order valence-electron chi connectivity index (χ3n) is 3.56. The second-order valence-corrected chi connectivity index (χ2v) is 5.48. The molecule has 0 unspecified atom stereocenters. The van der Waals surface area contributed by atoms with E-state index in [2.05, 4.69) is 25.1 Å². The Bertz CT molecular complexity index is 548. The summed E-state index contributed by atoms with van der Waals surface area (Å²) in [5, 5.41) is 10.1. The first-order chi connectivity index (χ1) is 10.8. The van der Waals surface area contributed by atoms with Gasteiger partial charge >= 0.3 is 0 Å². The molecule has 2 heteroatoms. The van der Waals surface area contributed by atoms with Crippen LogP contribution in [0.2, 0.25) is 0 Å². The molecular formula is C20H24O2. The second-order valence-electron chi connectivity index (χ2n) is 5.48. The molecule has 0 aliphatic carbocycles. The largest absolute Gasteiger partial charge is 0.388 e. The van der Waals surface area contributed by atoms with Crippen LogP contribution < -0.4 is 0 Å². The van der Waals surface area contributed by atoms with Crippen LogP contribution in [0.25, 0.3) is 0 Å². The molecule has 2 aromatic carbocycles. The van der Waals surface area contributed by atoms with Crippen LogP contribution in [0.5, 0.6) is 0 Å². The van der Waals surface area contributed by atoms with Crippen molar-refractivity contribution in [2.45, 2.75) is 38.6 Å². The van der Waals surface area contributed by atoms with Gasteiger partial charge in [-0.2, -0.15) is 0 Å². The molecule has 2 rings (SSSR count). The van der Waals surface area contributed by atoms with Crippen LogP contribution in [0.4, 0.5) is 0 Å². The van der Waals surface area contributed by atoms with Gasteiger partial charge in [0.1, 0.15) is 0 Å². The third kappa shape index (κ3) is 5.84. The SMILES string of the molecule is C[C@H](C/C=C\C[C@@H](O)c1ccccc1)OCc1ccccc1. The van der Waals surface area contributed by atoms with E-state index in [-0.39, 0.29) is 6.10 Å². The van der Waals surface area contributed by atoms with Crippen molar-refractivity contribution in [1.82, 2.24) is 0 Å². The lowest BCUT2D eigenvalue weighted by atomic mass is 10.1. The predicted octanol–water partition coefficient (Wildman–Crippen LogP) is 4.66. The van der Waals surface area contributed by atoms with Gasteiger partial charge in [-0.3, -0.25) is 0 Å². The number of ether oxygens (including phenoxy) is 1. The number of benzene rings is 2. The first kappa shape index (κ1) is 16.5. The van der Waals surface area contributed by atoms with Crippen molar-refractivity contribution >= 4 is 0 Å². The molecule has 0 spiro atoms. The second kappa shape index (κ2) is 9.19. The molecule has 116 valence electrons. The number of hydrogen-bond donors (Lipinski definition) is 1. The highest BCUT2D eigenvalue weighted by molar-refractivity contribution is 5.18. The summed E-state index contributed by atoms with van der Waals surface area (Å²) >= 11 is 0. The maximum atomic E-state index is 10.1. The zero-order chi connectivity index (χ0) is 15.6. The average Bonchev–Trinajstić information content (AvgIpc) is 2.58. The Morgan fingerprint density at radius 1 is 0.909 bits per heavy atom. The van der Waals surface area contributed by atoms with Gasteiger partial charge < -0.3 is 9.84 Å². The van der Waals surface area contributed by atoms with Crippen molar-refractivity contribution in [3.05, 3.63) is 83.9 Å². The standard InChI is InChI=1S/C20H24O2/c1-17(22-16-18-11-4-2-5-12-18)10-8-9-15-20(21)19-13-6-3-7-14-19/h2-9,11-14,17,20-21H,10,15-16H2,1H3/b9-8-/t17-,20-/m1/s1. The maximum absolute atomic E-state index is 10.1. The first-order valence-corrected chi connectivity index (χ1v) is 7.79. The minimum atomic E-state index is -0.432. The van der Waals surface area contributed by atoms with E-state index >= 15 is 0 Å². The van der Waals surface area contributed by atoms with Crippen LogP contribution in [0, 0.1) is 0 Å². The Balaban J connectivity index is 1.66. The average molecular weight is 296 g/mol. The molecule has 2 atom stereocenters. The smallest absolute Gasteiger partial charge is 0.0824 e. The van der Waals surface area contributed by atoms with Crippen molar-refractivity contribution in [2.75, 3.05) is 0 Å². The summed E-state index contributed by atoms with van der Waals surface area (Å²) in [5.74, 6) is 0. The van der Waals surface area contributed by atoms with Gasteiger partial charge in [0.25, 0.3) is 0 Å². The molecule has 0 aliphatic rings. The molecule has 22 heavy (non-hydrogen) atoms. The topological polar surface area (TPSA) is 29.5 Å². The van der Waals surface area contributed by atoms with E-state index in [9.17, 15) is 5.11 Å². The van der Waals surface area contributed by atoms with Crippen molar-refractivity contribution in [3.8, 4) is 0 Å². The Labute approximate surface area is 133 Å². The van der Waals surface area contributed by atoms with Crippen molar-refractivity contribution in [1.29, 1.82) is 0 Å². The predicted molar refractivity (Wildman–Crippen MR) is 90.5 cm³/mol. The summed E-state index contributed by atoms with van der Waals surface area (Å²) in [6, 6.07) is 19.9. The van der Waals surface area contributed by atoms with Gasteiger partial charge in [0.15, 0.2) is 0 Å². The number of hydrogen-bond acceptors (Lipinski definition) is 2. The van der Waals surface area contributed by atoms with Crippen LogP contribution in [0.15, 0.2) is 72.8 Å². The minimum absolute atomic E-state index is 0.172. The fourth-order valence-corrected chi connectivity index (χ4v) is 2.21. The summed E-state index contributed by atoms with van der Waals surface area (Å²) in [7, 11) is 0. The lowest BCUT2D eigenvalue weighted by Gasteiger charge is -2.11. The Morgan fingerprint density at radius 3 is 2.18 bits per heavy atom. The van der Waals surface area contributed by atoms with E-state index in [0.717, 1.165) is 12.0 Å². The van der Waals surface area contributed by atoms with Gasteiger partial charge in [0.2, 0.25) is 0 Å². The third-order valence-corrected chi connectivity index (χ3v) is 3.56. The van der Waals surface area contributed by atoms with Crippen molar-refractivity contribution < 1.29 is 9.84 Å². The van der Waals surface area contributed by atoms with Gasteiger partial charge in [0.05, 0.1) is 18.8 Å². The van der Waals surface area contributed by atoms with Gasteiger partial charge in [-0.15, -0.1) is 0 Å². The lowest BCUT2D eigenvalue weighted by molar-refractivity contribution is 0.0551. The Morgan fingerprint density at radius 2 is 1.50 bits per heavy atom. The van der Waals surface area contributed by atoms with E-state index in [1.807, 2.05) is 54.6 Å². The first-order valence-electron chi connectivity index (χ1n) is 7.79. The fraction of sp³-hybridized carbons (Fsp3) is 0.300. The summed E-state index contributed by atoms with van der Waals surface area (Å²) < 4.78 is 5.81. The summed E-state index contributed by atoms with van der Waals surface area (Å²) in [5.41, 5.74) is 2.15. The summed E-state index contributed by atoms with van der Waals surface area (Å²) in [4.78, 5) is 0. The minimum Gasteiger partial charge on any atom is -0.388 e. The Kier molecular flexibility index (Phi) is 6.88. The van der Waals surface area contributed by atoms with Gasteiger partial charge in [-0.1, -0.05) is 72.8 Å². The highest BCUT2D eigenvalue weighted by Gasteiger charge is 2.04. The normalized spacial score (nSPS) is 14.1. The van der Waals surface area contributed by atoms with E-state index in [1.165, 1.54) is 5.56 Å². The number of rotatable bonds is 8. The molecule has 0 bridgehead atoms. The highest BCUT2D eigenvalue weighted by atomic mass is 16.5. The lowest BCUT2D eigenvalue weighted by Crippen LogP contribution is -2.06. The van der Waals surface area contributed by atoms with Crippen LogP contribution >= 0.6 is 0 Å². The van der Waals surface area contributed by atoms with E-state index in [1.54, 1.807) is 0 Å². The van der Waals surface area contributed by atoms with Gasteiger partial charge in [-0.25, -0.2) is 0 Å². The monoisotopic (exact) mass is 296 g/mol. The van der Waals surface area contributed by atoms with Crippen LogP contribution in [0.3, 0.4) is 0 Å². The van der Waals surface area contributed by atoms with Gasteiger partial charge in [0, 0.05) is 0 Å². The molecule has 2 aromatic rings. The summed E-state index contributed by atoms with van der Waals surface area (Å²) in [6.07, 6.45) is 5.34. The number of aliphatic hydroxyl groups is 1. The molecule has 0 aromatic heterocycles. The molecule has 1 N–H and O–H groups in total. The quantitative estimate of drug-likeness (QED) is 0.718. The molecule has 0 heterocycles. The molecule has 0 aliphatic heterocycles. The molecule has 0 fully saturated rings. The molecular weight excluding hydrogens is 272 g/mol.